The molecule has 1 amide bonds. The smallest absolute Gasteiger partial charge is 0.256 e. The summed E-state index contributed by atoms with van der Waals surface area (Å²) in [6.45, 7) is 2.19. The minimum absolute atomic E-state index is 0.134. The van der Waals surface area contributed by atoms with Gasteiger partial charge in [-0.15, -0.1) is 0 Å². The highest BCUT2D eigenvalue weighted by Crippen LogP contribution is 2.30. The molecule has 1 atom stereocenters. The van der Waals surface area contributed by atoms with E-state index in [1.165, 1.54) is 11.1 Å². The lowest BCUT2D eigenvalue weighted by molar-refractivity contribution is -0.127. The Bertz CT molecular complexity index is 495. The molecule has 1 aromatic rings. The van der Waals surface area contributed by atoms with Gasteiger partial charge in [0.05, 0.1) is 0 Å². The van der Waals surface area contributed by atoms with Crippen LogP contribution in [0.1, 0.15) is 30.4 Å². The molecule has 0 radical (unpaired) electrons. The van der Waals surface area contributed by atoms with Gasteiger partial charge in [-0.3, -0.25) is 4.79 Å². The summed E-state index contributed by atoms with van der Waals surface area (Å²) in [5.74, 6) is 0.134. The molecule has 20 heavy (non-hydrogen) atoms. The summed E-state index contributed by atoms with van der Waals surface area (Å²) in [4.78, 5) is 14.5. The van der Waals surface area contributed by atoms with Crippen molar-refractivity contribution in [1.82, 2.24) is 0 Å². The molecule has 0 saturated carbocycles. The van der Waals surface area contributed by atoms with E-state index < -0.39 is 0 Å². The summed E-state index contributed by atoms with van der Waals surface area (Å²) in [6.07, 6.45) is 4.58. The first-order valence-corrected chi connectivity index (χ1v) is 7.54. The van der Waals surface area contributed by atoms with Crippen molar-refractivity contribution in [3.8, 4) is 0 Å². The van der Waals surface area contributed by atoms with Crippen LogP contribution in [0.2, 0.25) is 0 Å². The van der Waals surface area contributed by atoms with Gasteiger partial charge >= 0.3 is 0 Å². The number of ether oxygens (including phenoxy) is 1. The zero-order chi connectivity index (χ0) is 13.9. The van der Waals surface area contributed by atoms with Crippen LogP contribution in [0.4, 0.5) is 5.69 Å². The van der Waals surface area contributed by atoms with Crippen LogP contribution in [0.25, 0.3) is 0 Å². The minimum Gasteiger partial charge on any atom is -0.368 e. The monoisotopic (exact) mass is 274 g/mol. The fourth-order valence-electron chi connectivity index (χ4n) is 3.15. The minimum atomic E-state index is -0.232. The second kappa shape index (κ2) is 5.94. The zero-order valence-electron chi connectivity index (χ0n) is 11.8. The molecule has 3 rings (SSSR count). The molecule has 4 heteroatoms. The van der Waals surface area contributed by atoms with Crippen molar-refractivity contribution >= 4 is 11.6 Å². The summed E-state index contributed by atoms with van der Waals surface area (Å²) in [7, 11) is 0. The predicted molar refractivity (Wildman–Crippen MR) is 78.8 cm³/mol. The third-order valence-corrected chi connectivity index (χ3v) is 4.17. The molecule has 1 unspecified atom stereocenters. The Hall–Kier alpha value is -1.39. The van der Waals surface area contributed by atoms with Crippen molar-refractivity contribution in [2.75, 3.05) is 24.6 Å². The molecule has 2 aliphatic rings. The van der Waals surface area contributed by atoms with Crippen molar-refractivity contribution < 1.29 is 9.53 Å². The Morgan fingerprint density at radius 2 is 2.30 bits per heavy atom. The SMILES string of the molecule is NCCc1ccc2c(c1)CCCN2C(=O)C1CCCO1. The number of nitrogens with zero attached hydrogens (tertiary/aromatic N) is 1. The van der Waals surface area contributed by atoms with Gasteiger partial charge in [-0.1, -0.05) is 12.1 Å². The van der Waals surface area contributed by atoms with Gasteiger partial charge in [0.1, 0.15) is 6.10 Å². The van der Waals surface area contributed by atoms with Gasteiger partial charge in [0.15, 0.2) is 0 Å². The van der Waals surface area contributed by atoms with Crippen LogP contribution in [0.15, 0.2) is 18.2 Å². The van der Waals surface area contributed by atoms with Gasteiger partial charge < -0.3 is 15.4 Å². The molecule has 0 aromatic heterocycles. The third-order valence-electron chi connectivity index (χ3n) is 4.17. The van der Waals surface area contributed by atoms with E-state index in [1.54, 1.807) is 0 Å². The summed E-state index contributed by atoms with van der Waals surface area (Å²) in [6, 6.07) is 6.37. The molecule has 2 heterocycles. The van der Waals surface area contributed by atoms with Crippen LogP contribution in [0.5, 0.6) is 0 Å². The van der Waals surface area contributed by atoms with E-state index in [1.807, 2.05) is 4.90 Å². The number of hydrogen-bond donors (Lipinski definition) is 1. The highest BCUT2D eigenvalue weighted by molar-refractivity contribution is 5.97. The first kappa shape index (κ1) is 13.6. The van der Waals surface area contributed by atoms with Crippen LogP contribution < -0.4 is 10.6 Å². The maximum Gasteiger partial charge on any atom is 0.256 e. The molecule has 2 N–H and O–H groups in total. The van der Waals surface area contributed by atoms with Crippen LogP contribution in [0, 0.1) is 0 Å². The van der Waals surface area contributed by atoms with Gasteiger partial charge in [-0.25, -0.2) is 0 Å². The molecular formula is C16H22N2O2. The molecule has 108 valence electrons. The highest BCUT2D eigenvalue weighted by Gasteiger charge is 2.31. The number of rotatable bonds is 3. The van der Waals surface area contributed by atoms with E-state index in [0.717, 1.165) is 44.3 Å². The van der Waals surface area contributed by atoms with Gasteiger partial charge in [0.2, 0.25) is 0 Å². The normalized spacial score (nSPS) is 21.9. The summed E-state index contributed by atoms with van der Waals surface area (Å²) >= 11 is 0. The fourth-order valence-corrected chi connectivity index (χ4v) is 3.15. The van der Waals surface area contributed by atoms with E-state index in [2.05, 4.69) is 18.2 Å². The van der Waals surface area contributed by atoms with Gasteiger partial charge in [-0.05, 0) is 55.8 Å². The van der Waals surface area contributed by atoms with Crippen LogP contribution in [0.3, 0.4) is 0 Å². The maximum atomic E-state index is 12.6. The largest absolute Gasteiger partial charge is 0.368 e. The van der Waals surface area contributed by atoms with Crippen molar-refractivity contribution in [2.45, 2.75) is 38.2 Å². The van der Waals surface area contributed by atoms with Crippen molar-refractivity contribution in [2.24, 2.45) is 5.73 Å². The molecule has 0 aliphatic carbocycles. The molecular weight excluding hydrogens is 252 g/mol. The van der Waals surface area contributed by atoms with Crippen molar-refractivity contribution in [3.63, 3.8) is 0 Å². The molecule has 0 spiro atoms. The number of fused-ring (bicyclic) bond motifs is 1. The van der Waals surface area contributed by atoms with E-state index in [-0.39, 0.29) is 12.0 Å². The average Bonchev–Trinajstić information content (AvgIpc) is 3.00. The van der Waals surface area contributed by atoms with E-state index in [4.69, 9.17) is 10.5 Å². The number of amides is 1. The van der Waals surface area contributed by atoms with E-state index in [9.17, 15) is 4.79 Å². The Labute approximate surface area is 119 Å². The average molecular weight is 274 g/mol. The van der Waals surface area contributed by atoms with Gasteiger partial charge in [0.25, 0.3) is 5.91 Å². The van der Waals surface area contributed by atoms with Crippen LogP contribution >= 0.6 is 0 Å². The summed E-state index contributed by atoms with van der Waals surface area (Å²) < 4.78 is 5.54. The van der Waals surface area contributed by atoms with Gasteiger partial charge in [0, 0.05) is 18.8 Å². The number of carbonyl (C=O) groups is 1. The third kappa shape index (κ3) is 2.58. The quantitative estimate of drug-likeness (QED) is 0.911. The number of aryl methyl sites for hydroxylation is 1. The molecule has 4 nitrogen and oxygen atoms in total. The second-order valence-electron chi connectivity index (χ2n) is 5.60. The molecule has 1 fully saturated rings. The van der Waals surface area contributed by atoms with Gasteiger partial charge in [-0.2, -0.15) is 0 Å². The Morgan fingerprint density at radius 1 is 1.40 bits per heavy atom. The lowest BCUT2D eigenvalue weighted by atomic mass is 9.97. The first-order valence-electron chi connectivity index (χ1n) is 7.54. The Kier molecular flexibility index (Phi) is 4.03. The number of benzene rings is 1. The zero-order valence-corrected chi connectivity index (χ0v) is 11.8. The highest BCUT2D eigenvalue weighted by atomic mass is 16.5. The molecule has 1 saturated heterocycles. The lowest BCUT2D eigenvalue weighted by Crippen LogP contribution is -2.42. The summed E-state index contributed by atoms with van der Waals surface area (Å²) in [5, 5.41) is 0. The van der Waals surface area contributed by atoms with Crippen LogP contribution in [-0.4, -0.2) is 31.7 Å². The Balaban J connectivity index is 1.83. The molecule has 0 bridgehead atoms. The predicted octanol–water partition coefficient (Wildman–Crippen LogP) is 1.65. The second-order valence-corrected chi connectivity index (χ2v) is 5.60. The first-order chi connectivity index (χ1) is 9.79. The maximum absolute atomic E-state index is 12.6. The summed E-state index contributed by atoms with van der Waals surface area (Å²) in [5.41, 5.74) is 9.21. The number of hydrogen-bond acceptors (Lipinski definition) is 3. The Morgan fingerprint density at radius 3 is 3.05 bits per heavy atom. The fraction of sp³-hybridized carbons (Fsp3) is 0.562. The molecule has 1 aromatic carbocycles. The molecule has 2 aliphatic heterocycles. The van der Waals surface area contributed by atoms with E-state index >= 15 is 0 Å². The number of carbonyl (C=O) groups excluding carboxylic acids is 1. The lowest BCUT2D eigenvalue weighted by Gasteiger charge is -2.31. The topological polar surface area (TPSA) is 55.6 Å². The standard InChI is InChI=1S/C16H22N2O2/c17-8-7-12-5-6-14-13(11-12)3-1-9-18(14)16(19)15-4-2-10-20-15/h5-6,11,15H,1-4,7-10,17H2. The number of anilines is 1. The van der Waals surface area contributed by atoms with E-state index in [0.29, 0.717) is 13.2 Å². The number of nitrogens with two attached hydrogens (primary N) is 1. The van der Waals surface area contributed by atoms with Crippen molar-refractivity contribution in [1.29, 1.82) is 0 Å². The van der Waals surface area contributed by atoms with Crippen molar-refractivity contribution in [3.05, 3.63) is 29.3 Å². The van der Waals surface area contributed by atoms with Crippen LogP contribution in [-0.2, 0) is 22.4 Å².